The summed E-state index contributed by atoms with van der Waals surface area (Å²) in [5.41, 5.74) is 0.571. The van der Waals surface area contributed by atoms with Crippen molar-refractivity contribution in [1.29, 1.82) is 0 Å². The van der Waals surface area contributed by atoms with Crippen LogP contribution in [0.2, 0.25) is 0 Å². The fourth-order valence-corrected chi connectivity index (χ4v) is 3.39. The van der Waals surface area contributed by atoms with Gasteiger partial charge in [0.1, 0.15) is 0 Å². The van der Waals surface area contributed by atoms with Gasteiger partial charge in [0.2, 0.25) is 5.91 Å². The molecule has 136 valence electrons. The average molecular weight is 357 g/mol. The van der Waals surface area contributed by atoms with Crippen LogP contribution in [0.15, 0.2) is 30.7 Å². The molecule has 0 bridgehead atoms. The lowest BCUT2D eigenvalue weighted by molar-refractivity contribution is -0.131. The number of halogens is 1. The van der Waals surface area contributed by atoms with Crippen molar-refractivity contribution in [3.63, 3.8) is 0 Å². The van der Waals surface area contributed by atoms with Gasteiger partial charge >= 0.3 is 0 Å². The molecule has 1 spiro atoms. The smallest absolute Gasteiger partial charge is 0.253 e. The minimum Gasteiger partial charge on any atom is -0.343 e. The van der Waals surface area contributed by atoms with Gasteiger partial charge in [0.25, 0.3) is 5.91 Å². The standard InChI is InChI=1S/C18H20FN5O2/c19-14-10-13(11-20-16(14)24-7-1-6-22-24)17(26)21-12-15(25)23-8-4-18(2-3-18)5-9-23/h1,6-7,10-11H,2-5,8-9,12H2,(H,21,26). The fourth-order valence-electron chi connectivity index (χ4n) is 3.39. The second kappa shape index (κ2) is 6.51. The lowest BCUT2D eigenvalue weighted by Crippen LogP contribution is -2.44. The van der Waals surface area contributed by atoms with Crippen molar-refractivity contribution in [3.8, 4) is 5.82 Å². The summed E-state index contributed by atoms with van der Waals surface area (Å²) in [7, 11) is 0. The van der Waals surface area contributed by atoms with Crippen molar-refractivity contribution >= 4 is 11.8 Å². The Balaban J connectivity index is 1.33. The molecule has 8 heteroatoms. The molecule has 1 aliphatic heterocycles. The Morgan fingerprint density at radius 3 is 2.62 bits per heavy atom. The largest absolute Gasteiger partial charge is 0.343 e. The summed E-state index contributed by atoms with van der Waals surface area (Å²) in [6.07, 6.45) is 9.01. The third-order valence-electron chi connectivity index (χ3n) is 5.34. The number of nitrogens with one attached hydrogen (secondary N) is 1. The number of hydrogen-bond acceptors (Lipinski definition) is 4. The van der Waals surface area contributed by atoms with Gasteiger partial charge in [-0.25, -0.2) is 14.1 Å². The van der Waals surface area contributed by atoms with Crippen molar-refractivity contribution < 1.29 is 14.0 Å². The van der Waals surface area contributed by atoms with Gasteiger partial charge in [0.15, 0.2) is 11.6 Å². The van der Waals surface area contributed by atoms with Crippen LogP contribution < -0.4 is 5.32 Å². The zero-order chi connectivity index (χ0) is 18.1. The van der Waals surface area contributed by atoms with Crippen LogP contribution in [-0.2, 0) is 4.79 Å². The van der Waals surface area contributed by atoms with E-state index in [1.165, 1.54) is 29.9 Å². The molecule has 0 aromatic carbocycles. The number of piperidine rings is 1. The van der Waals surface area contributed by atoms with Crippen LogP contribution >= 0.6 is 0 Å². The lowest BCUT2D eigenvalue weighted by Gasteiger charge is -2.32. The van der Waals surface area contributed by atoms with Gasteiger partial charge in [0.05, 0.1) is 12.1 Å². The van der Waals surface area contributed by atoms with Crippen LogP contribution in [0.25, 0.3) is 5.82 Å². The van der Waals surface area contributed by atoms with E-state index in [0.29, 0.717) is 5.41 Å². The molecule has 2 aromatic heterocycles. The number of hydrogen-bond donors (Lipinski definition) is 1. The number of pyridine rings is 1. The molecule has 4 rings (SSSR count). The summed E-state index contributed by atoms with van der Waals surface area (Å²) in [5.74, 6) is -1.26. The second-order valence-corrected chi connectivity index (χ2v) is 7.04. The Bertz CT molecular complexity index is 822. The van der Waals surface area contributed by atoms with Gasteiger partial charge in [-0.15, -0.1) is 0 Å². The normalized spacial score (nSPS) is 18.0. The molecule has 2 fully saturated rings. The topological polar surface area (TPSA) is 80.1 Å². The van der Waals surface area contributed by atoms with Crippen molar-refractivity contribution in [1.82, 2.24) is 25.0 Å². The van der Waals surface area contributed by atoms with Crippen LogP contribution in [0.3, 0.4) is 0 Å². The van der Waals surface area contributed by atoms with Crippen molar-refractivity contribution in [2.75, 3.05) is 19.6 Å². The Kier molecular flexibility index (Phi) is 4.18. The Labute approximate surface area is 150 Å². The Hall–Kier alpha value is -2.77. The van der Waals surface area contributed by atoms with Gasteiger partial charge in [-0.05, 0) is 43.2 Å². The molecule has 0 atom stereocenters. The number of amides is 2. The quantitative estimate of drug-likeness (QED) is 0.900. The van der Waals surface area contributed by atoms with Crippen molar-refractivity contribution in [2.45, 2.75) is 25.7 Å². The van der Waals surface area contributed by atoms with E-state index >= 15 is 0 Å². The number of likely N-dealkylation sites (tertiary alicyclic amines) is 1. The zero-order valence-electron chi connectivity index (χ0n) is 14.3. The number of aromatic nitrogens is 3. The average Bonchev–Trinajstić information content (AvgIpc) is 3.18. The van der Waals surface area contributed by atoms with Gasteiger partial charge < -0.3 is 10.2 Å². The molecule has 2 aliphatic rings. The van der Waals surface area contributed by atoms with E-state index in [4.69, 9.17) is 0 Å². The third-order valence-corrected chi connectivity index (χ3v) is 5.34. The van der Waals surface area contributed by atoms with Crippen LogP contribution in [0, 0.1) is 11.2 Å². The number of nitrogens with zero attached hydrogens (tertiary/aromatic N) is 4. The highest BCUT2D eigenvalue weighted by Crippen LogP contribution is 2.53. The number of carbonyl (C=O) groups is 2. The van der Waals surface area contributed by atoms with E-state index in [-0.39, 0.29) is 23.8 Å². The summed E-state index contributed by atoms with van der Waals surface area (Å²) in [6, 6.07) is 2.75. The molecular formula is C18H20FN5O2. The molecule has 3 heterocycles. The molecule has 26 heavy (non-hydrogen) atoms. The summed E-state index contributed by atoms with van der Waals surface area (Å²) < 4.78 is 15.4. The molecule has 1 aliphatic carbocycles. The number of rotatable bonds is 4. The molecule has 2 amide bonds. The van der Waals surface area contributed by atoms with E-state index in [2.05, 4.69) is 15.4 Å². The van der Waals surface area contributed by atoms with Crippen molar-refractivity contribution in [2.24, 2.45) is 5.41 Å². The molecule has 1 N–H and O–H groups in total. The first-order valence-corrected chi connectivity index (χ1v) is 8.78. The monoisotopic (exact) mass is 357 g/mol. The summed E-state index contributed by atoms with van der Waals surface area (Å²) in [6.45, 7) is 1.42. The first-order chi connectivity index (χ1) is 12.6. The lowest BCUT2D eigenvalue weighted by atomic mass is 9.94. The van der Waals surface area contributed by atoms with Crippen LogP contribution in [0.1, 0.15) is 36.0 Å². The summed E-state index contributed by atoms with van der Waals surface area (Å²) in [4.78, 5) is 30.2. The van der Waals surface area contributed by atoms with Gasteiger partial charge in [-0.1, -0.05) is 0 Å². The molecule has 7 nitrogen and oxygen atoms in total. The predicted molar refractivity (Wildman–Crippen MR) is 91.1 cm³/mol. The highest BCUT2D eigenvalue weighted by Gasteiger charge is 2.44. The van der Waals surface area contributed by atoms with E-state index in [1.54, 1.807) is 17.2 Å². The summed E-state index contributed by atoms with van der Waals surface area (Å²) in [5, 5.41) is 6.47. The van der Waals surface area contributed by atoms with E-state index in [1.807, 2.05) is 0 Å². The van der Waals surface area contributed by atoms with E-state index in [9.17, 15) is 14.0 Å². The fraction of sp³-hybridized carbons (Fsp3) is 0.444. The molecule has 1 saturated heterocycles. The SMILES string of the molecule is O=C(NCC(=O)N1CCC2(CC1)CC2)c1cnc(-n2cccn2)c(F)c1. The van der Waals surface area contributed by atoms with Gasteiger partial charge in [0, 0.05) is 31.7 Å². The highest BCUT2D eigenvalue weighted by molar-refractivity contribution is 5.96. The van der Waals surface area contributed by atoms with Crippen LogP contribution in [0.5, 0.6) is 0 Å². The number of carbonyl (C=O) groups excluding carboxylic acids is 2. The first kappa shape index (κ1) is 16.7. The molecule has 0 unspecified atom stereocenters. The first-order valence-electron chi connectivity index (χ1n) is 8.78. The maximum atomic E-state index is 14.2. The second-order valence-electron chi connectivity index (χ2n) is 7.04. The molecule has 0 radical (unpaired) electrons. The summed E-state index contributed by atoms with van der Waals surface area (Å²) >= 11 is 0. The maximum absolute atomic E-state index is 14.2. The Morgan fingerprint density at radius 1 is 1.23 bits per heavy atom. The molecule has 1 saturated carbocycles. The zero-order valence-corrected chi connectivity index (χ0v) is 14.3. The molecule has 2 aromatic rings. The Morgan fingerprint density at radius 2 is 2.00 bits per heavy atom. The van der Waals surface area contributed by atoms with E-state index < -0.39 is 11.7 Å². The van der Waals surface area contributed by atoms with Gasteiger partial charge in [-0.3, -0.25) is 9.59 Å². The van der Waals surface area contributed by atoms with Gasteiger partial charge in [-0.2, -0.15) is 5.10 Å². The highest BCUT2D eigenvalue weighted by atomic mass is 19.1. The van der Waals surface area contributed by atoms with Crippen molar-refractivity contribution in [3.05, 3.63) is 42.1 Å². The predicted octanol–water partition coefficient (Wildman–Crippen LogP) is 1.54. The third kappa shape index (κ3) is 3.31. The molecular weight excluding hydrogens is 337 g/mol. The minimum absolute atomic E-state index is 0.0185. The van der Waals surface area contributed by atoms with E-state index in [0.717, 1.165) is 32.0 Å². The maximum Gasteiger partial charge on any atom is 0.253 e. The van der Waals surface area contributed by atoms with Crippen LogP contribution in [-0.4, -0.2) is 51.1 Å². The van der Waals surface area contributed by atoms with Crippen LogP contribution in [0.4, 0.5) is 4.39 Å². The minimum atomic E-state index is -0.654.